The number of carbonyl (C=O) groups is 3. The summed E-state index contributed by atoms with van der Waals surface area (Å²) in [5.41, 5.74) is 1.80. The molecule has 202 valence electrons. The van der Waals surface area contributed by atoms with E-state index in [4.69, 9.17) is 27.9 Å². The van der Waals surface area contributed by atoms with Gasteiger partial charge < -0.3 is 30.0 Å². The molecule has 2 aromatic carbocycles. The molecule has 0 spiro atoms. The lowest BCUT2D eigenvalue weighted by atomic mass is 9.77. The van der Waals surface area contributed by atoms with Crippen molar-refractivity contribution >= 4 is 40.8 Å². The van der Waals surface area contributed by atoms with Gasteiger partial charge in [0.25, 0.3) is 0 Å². The zero-order valence-corrected chi connectivity index (χ0v) is 22.4. The van der Waals surface area contributed by atoms with E-state index in [-0.39, 0.29) is 44.2 Å². The van der Waals surface area contributed by atoms with Crippen LogP contribution in [0, 0.1) is 0 Å². The number of ether oxygens (including phenoxy) is 1. The van der Waals surface area contributed by atoms with Gasteiger partial charge in [-0.25, -0.2) is 0 Å². The van der Waals surface area contributed by atoms with Crippen LogP contribution in [0.5, 0.6) is 5.75 Å². The Hall–Kier alpha value is -2.91. The quantitative estimate of drug-likeness (QED) is 0.410. The van der Waals surface area contributed by atoms with Crippen LogP contribution in [-0.4, -0.2) is 64.1 Å². The fourth-order valence-corrected chi connectivity index (χ4v) is 5.34. The number of benzene rings is 2. The molecule has 4 atom stereocenters. The molecule has 8 nitrogen and oxygen atoms in total. The summed E-state index contributed by atoms with van der Waals surface area (Å²) >= 11 is 12.3. The van der Waals surface area contributed by atoms with Gasteiger partial charge in [0.05, 0.1) is 28.6 Å². The van der Waals surface area contributed by atoms with Crippen molar-refractivity contribution in [1.29, 1.82) is 0 Å². The Balaban J connectivity index is 1.73. The molecule has 0 fully saturated rings. The molecular formula is C28H30Cl2N2O6. The number of fused-ring (bicyclic) bond motifs is 3. The fraction of sp³-hybridized carbons (Fsp3) is 0.393. The molecule has 3 N–H and O–H groups in total. The summed E-state index contributed by atoms with van der Waals surface area (Å²) in [6, 6.07) is 11.4. The number of nitrogens with zero attached hydrogens (tertiary/aromatic N) is 1. The van der Waals surface area contributed by atoms with Crippen LogP contribution >= 0.6 is 23.2 Å². The SMILES string of the molecule is CC(=O)CCCC(=O)N(Cc1ccc(Cl)c(Cl)c1)[C@@H]1C=C(C(=O)NCCO)[C@@H]2c3ccccc3O[C@@H]2[C@H]1O. The predicted octanol–water partition coefficient (Wildman–Crippen LogP) is 3.40. The molecule has 1 heterocycles. The van der Waals surface area contributed by atoms with Gasteiger partial charge in [-0.05, 0) is 43.2 Å². The Morgan fingerprint density at radius 1 is 1.08 bits per heavy atom. The summed E-state index contributed by atoms with van der Waals surface area (Å²) in [5, 5.41) is 24.2. The third-order valence-corrected chi connectivity index (χ3v) is 7.55. The highest BCUT2D eigenvalue weighted by molar-refractivity contribution is 6.42. The minimum absolute atomic E-state index is 0.0192. The van der Waals surface area contributed by atoms with E-state index in [1.165, 1.54) is 11.8 Å². The van der Waals surface area contributed by atoms with E-state index in [1.54, 1.807) is 30.3 Å². The largest absolute Gasteiger partial charge is 0.486 e. The Morgan fingerprint density at radius 3 is 2.55 bits per heavy atom. The second-order valence-corrected chi connectivity index (χ2v) is 10.3. The number of carbonyl (C=O) groups excluding carboxylic acids is 3. The maximum absolute atomic E-state index is 13.5. The second kappa shape index (κ2) is 12.3. The lowest BCUT2D eigenvalue weighted by Crippen LogP contribution is -2.55. The van der Waals surface area contributed by atoms with E-state index >= 15 is 0 Å². The summed E-state index contributed by atoms with van der Waals surface area (Å²) in [4.78, 5) is 39.7. The van der Waals surface area contributed by atoms with Crippen molar-refractivity contribution < 1.29 is 29.3 Å². The minimum atomic E-state index is -1.15. The van der Waals surface area contributed by atoms with Crippen molar-refractivity contribution in [3.63, 3.8) is 0 Å². The van der Waals surface area contributed by atoms with Gasteiger partial charge in [-0.2, -0.15) is 0 Å². The van der Waals surface area contributed by atoms with Gasteiger partial charge in [0.15, 0.2) is 0 Å². The number of hydrogen-bond donors (Lipinski definition) is 3. The lowest BCUT2D eigenvalue weighted by molar-refractivity contribution is -0.138. The van der Waals surface area contributed by atoms with E-state index in [1.807, 2.05) is 18.2 Å². The van der Waals surface area contributed by atoms with Gasteiger partial charge in [0.1, 0.15) is 23.7 Å². The first kappa shape index (κ1) is 28.1. The van der Waals surface area contributed by atoms with Gasteiger partial charge in [0, 0.05) is 37.1 Å². The van der Waals surface area contributed by atoms with Gasteiger partial charge >= 0.3 is 0 Å². The van der Waals surface area contributed by atoms with E-state index < -0.39 is 30.1 Å². The van der Waals surface area contributed by atoms with Crippen molar-refractivity contribution in [2.24, 2.45) is 0 Å². The molecule has 4 rings (SSSR count). The maximum atomic E-state index is 13.5. The Morgan fingerprint density at radius 2 is 1.84 bits per heavy atom. The first-order chi connectivity index (χ1) is 18.2. The molecule has 0 aromatic heterocycles. The van der Waals surface area contributed by atoms with Crippen LogP contribution < -0.4 is 10.1 Å². The van der Waals surface area contributed by atoms with Crippen LogP contribution in [0.4, 0.5) is 0 Å². The van der Waals surface area contributed by atoms with Gasteiger partial charge in [-0.1, -0.05) is 47.5 Å². The molecule has 2 aliphatic rings. The molecule has 0 radical (unpaired) electrons. The van der Waals surface area contributed by atoms with E-state index in [0.29, 0.717) is 33.4 Å². The van der Waals surface area contributed by atoms with E-state index in [9.17, 15) is 24.6 Å². The highest BCUT2D eigenvalue weighted by atomic mass is 35.5. The van der Waals surface area contributed by atoms with Crippen LogP contribution in [0.3, 0.4) is 0 Å². The number of aliphatic hydroxyl groups is 2. The first-order valence-electron chi connectivity index (χ1n) is 12.5. The van der Waals surface area contributed by atoms with Gasteiger partial charge in [-0.15, -0.1) is 0 Å². The monoisotopic (exact) mass is 560 g/mol. The number of Topliss-reactive ketones (excluding diaryl/α,β-unsaturated/α-hetero) is 1. The molecule has 2 aromatic rings. The number of hydrogen-bond acceptors (Lipinski definition) is 6. The minimum Gasteiger partial charge on any atom is -0.486 e. The molecule has 0 bridgehead atoms. The normalized spacial score (nSPS) is 21.6. The van der Waals surface area contributed by atoms with Crippen LogP contribution in [0.1, 0.15) is 43.2 Å². The van der Waals surface area contributed by atoms with Crippen LogP contribution in [-0.2, 0) is 20.9 Å². The van der Waals surface area contributed by atoms with Gasteiger partial charge in [-0.3, -0.25) is 9.59 Å². The number of aliphatic hydroxyl groups excluding tert-OH is 2. The number of ketones is 1. The summed E-state index contributed by atoms with van der Waals surface area (Å²) in [6.45, 7) is 1.38. The second-order valence-electron chi connectivity index (χ2n) is 9.51. The number of nitrogens with one attached hydrogen (secondary N) is 1. The topological polar surface area (TPSA) is 116 Å². The van der Waals surface area contributed by atoms with E-state index in [2.05, 4.69) is 5.32 Å². The molecule has 0 unspecified atom stereocenters. The summed E-state index contributed by atoms with van der Waals surface area (Å²) < 4.78 is 6.12. The highest BCUT2D eigenvalue weighted by Crippen LogP contribution is 2.47. The van der Waals surface area contributed by atoms with Crippen molar-refractivity contribution in [2.45, 2.75) is 56.9 Å². The third kappa shape index (κ3) is 6.04. The number of para-hydroxylation sites is 1. The summed E-state index contributed by atoms with van der Waals surface area (Å²) in [5.74, 6) is -0.705. The average molecular weight is 561 g/mol. The lowest BCUT2D eigenvalue weighted by Gasteiger charge is -2.41. The molecular weight excluding hydrogens is 531 g/mol. The molecule has 1 aliphatic carbocycles. The molecule has 38 heavy (non-hydrogen) atoms. The molecule has 2 amide bonds. The Labute approximate surface area is 231 Å². The third-order valence-electron chi connectivity index (χ3n) is 6.81. The number of amides is 2. The fourth-order valence-electron chi connectivity index (χ4n) is 5.02. The zero-order chi connectivity index (χ0) is 27.4. The molecule has 1 aliphatic heterocycles. The molecule has 10 heteroatoms. The standard InChI is InChI=1S/C28H30Cl2N2O6/c1-16(34)5-4-8-24(35)32(15-17-9-10-20(29)21(30)13-17)22-14-19(28(37)31-11-12-33)25-18-6-2-3-7-23(18)38-27(25)26(22)36/h2-3,6-7,9-10,13-14,22,25-27,33,36H,4-5,8,11-12,15H2,1H3,(H,31,37)/t22-,25+,26+,27+/m1/s1. The first-order valence-corrected chi connectivity index (χ1v) is 13.2. The smallest absolute Gasteiger partial charge is 0.247 e. The predicted molar refractivity (Wildman–Crippen MR) is 143 cm³/mol. The van der Waals surface area contributed by atoms with Crippen molar-refractivity contribution in [2.75, 3.05) is 13.2 Å². The zero-order valence-electron chi connectivity index (χ0n) is 20.9. The number of rotatable bonds is 10. The van der Waals surface area contributed by atoms with Crippen molar-refractivity contribution in [1.82, 2.24) is 10.2 Å². The van der Waals surface area contributed by atoms with Crippen molar-refractivity contribution in [3.8, 4) is 5.75 Å². The van der Waals surface area contributed by atoms with Crippen LogP contribution in [0.15, 0.2) is 54.1 Å². The number of halogens is 2. The van der Waals surface area contributed by atoms with Crippen LogP contribution in [0.25, 0.3) is 0 Å². The van der Waals surface area contributed by atoms with Crippen LogP contribution in [0.2, 0.25) is 10.0 Å². The van der Waals surface area contributed by atoms with E-state index in [0.717, 1.165) is 5.56 Å². The molecule has 0 saturated heterocycles. The maximum Gasteiger partial charge on any atom is 0.247 e. The Kier molecular flexibility index (Phi) is 9.10. The summed E-state index contributed by atoms with van der Waals surface area (Å²) in [7, 11) is 0. The van der Waals surface area contributed by atoms with Gasteiger partial charge in [0.2, 0.25) is 11.8 Å². The highest BCUT2D eigenvalue weighted by Gasteiger charge is 2.50. The molecule has 0 saturated carbocycles. The van der Waals surface area contributed by atoms with Crippen molar-refractivity contribution in [3.05, 3.63) is 75.3 Å². The average Bonchev–Trinajstić information content (AvgIpc) is 3.28. The Bertz CT molecular complexity index is 1250. The summed E-state index contributed by atoms with van der Waals surface area (Å²) in [6.07, 6.45) is 0.354.